The topological polar surface area (TPSA) is 72.6 Å². The number of aromatic nitrogens is 3. The summed E-state index contributed by atoms with van der Waals surface area (Å²) in [5.41, 5.74) is 3.41. The third-order valence-electron chi connectivity index (χ3n) is 5.30. The van der Waals surface area contributed by atoms with E-state index < -0.39 is 5.82 Å². The molecule has 0 N–H and O–H groups in total. The van der Waals surface area contributed by atoms with Crippen LogP contribution in [0.4, 0.5) is 4.39 Å². The molecule has 0 spiro atoms. The highest BCUT2D eigenvalue weighted by molar-refractivity contribution is 6.44. The van der Waals surface area contributed by atoms with E-state index in [9.17, 15) is 9.18 Å². The van der Waals surface area contributed by atoms with Crippen molar-refractivity contribution in [3.05, 3.63) is 40.2 Å². The maximum absolute atomic E-state index is 14.5. The van der Waals surface area contributed by atoms with Gasteiger partial charge in [0.15, 0.2) is 5.78 Å². The average molecular weight is 418 g/mol. The standard InChI is InChI=1S/C20H21ClFN5O2/c1-11-19(12(2)26(3)25-11)14-6-18(24-7-15(14)22)29-13-4-5-27(10-13)16-8-23-9-17(28)20(16)21/h6-8,13H,4-5,9-10H2,1-3H3/t13-/m1/s1. The number of dihydropyridines is 1. The van der Waals surface area contributed by atoms with E-state index in [2.05, 4.69) is 15.1 Å². The summed E-state index contributed by atoms with van der Waals surface area (Å²) in [6.07, 6.45) is 3.39. The Kier molecular flexibility index (Phi) is 5.12. The molecule has 0 amide bonds. The molecule has 152 valence electrons. The smallest absolute Gasteiger partial charge is 0.214 e. The SMILES string of the molecule is Cc1nn(C)c(C)c1-c1cc(O[C@@H]2CCN(C3=C(Cl)C(=O)CN=C3)C2)ncc1F. The van der Waals surface area contributed by atoms with Gasteiger partial charge in [0.2, 0.25) is 5.88 Å². The number of aryl methyl sites for hydroxylation is 2. The van der Waals surface area contributed by atoms with Gasteiger partial charge in [-0.2, -0.15) is 5.10 Å². The van der Waals surface area contributed by atoms with Gasteiger partial charge in [0.05, 0.1) is 24.1 Å². The van der Waals surface area contributed by atoms with Crippen molar-refractivity contribution in [3.63, 3.8) is 0 Å². The number of nitrogens with zero attached hydrogens (tertiary/aromatic N) is 5. The van der Waals surface area contributed by atoms with Crippen LogP contribution in [0.25, 0.3) is 11.1 Å². The Bertz CT molecular complexity index is 1050. The van der Waals surface area contributed by atoms with Gasteiger partial charge in [0.25, 0.3) is 0 Å². The van der Waals surface area contributed by atoms with Crippen LogP contribution in [0.1, 0.15) is 17.8 Å². The number of carbonyl (C=O) groups excluding carboxylic acids is 1. The molecule has 0 aromatic carbocycles. The third-order valence-corrected chi connectivity index (χ3v) is 5.70. The number of ether oxygens (including phenoxy) is 1. The van der Waals surface area contributed by atoms with Crippen LogP contribution in [-0.2, 0) is 11.8 Å². The lowest BCUT2D eigenvalue weighted by Crippen LogP contribution is -2.28. The molecule has 2 aliphatic heterocycles. The molecule has 2 aromatic heterocycles. The number of ketones is 1. The normalized spacial score (nSPS) is 19.4. The Morgan fingerprint density at radius 3 is 2.86 bits per heavy atom. The lowest BCUT2D eigenvalue weighted by atomic mass is 10.0. The van der Waals surface area contributed by atoms with E-state index in [0.29, 0.717) is 30.2 Å². The molecule has 4 rings (SSSR count). The van der Waals surface area contributed by atoms with Crippen molar-refractivity contribution >= 4 is 23.6 Å². The van der Waals surface area contributed by atoms with Crippen molar-refractivity contribution < 1.29 is 13.9 Å². The Balaban J connectivity index is 1.53. The van der Waals surface area contributed by atoms with Crippen LogP contribution in [0, 0.1) is 19.7 Å². The fourth-order valence-electron chi connectivity index (χ4n) is 3.76. The van der Waals surface area contributed by atoms with Crippen molar-refractivity contribution in [3.8, 4) is 17.0 Å². The maximum Gasteiger partial charge on any atom is 0.214 e. The van der Waals surface area contributed by atoms with E-state index in [1.165, 1.54) is 6.20 Å². The molecule has 29 heavy (non-hydrogen) atoms. The summed E-state index contributed by atoms with van der Waals surface area (Å²) in [4.78, 5) is 21.9. The summed E-state index contributed by atoms with van der Waals surface area (Å²) in [6, 6.07) is 1.62. The number of Topliss-reactive ketones (excluding diaryl/α,β-unsaturated/α-hetero) is 1. The molecule has 2 aliphatic rings. The molecule has 9 heteroatoms. The van der Waals surface area contributed by atoms with Gasteiger partial charge < -0.3 is 9.64 Å². The zero-order valence-electron chi connectivity index (χ0n) is 16.4. The number of allylic oxidation sites excluding steroid dienone is 1. The average Bonchev–Trinajstić information content (AvgIpc) is 3.24. The first kappa shape index (κ1) is 19.6. The molecule has 1 saturated heterocycles. The first-order valence-electron chi connectivity index (χ1n) is 9.35. The highest BCUT2D eigenvalue weighted by Crippen LogP contribution is 2.32. The first-order chi connectivity index (χ1) is 13.8. The summed E-state index contributed by atoms with van der Waals surface area (Å²) in [5.74, 6) is -0.247. The number of hydrogen-bond acceptors (Lipinski definition) is 6. The van der Waals surface area contributed by atoms with Crippen LogP contribution < -0.4 is 4.74 Å². The third kappa shape index (κ3) is 3.64. The van der Waals surface area contributed by atoms with Crippen molar-refractivity contribution in [2.75, 3.05) is 19.6 Å². The van der Waals surface area contributed by atoms with E-state index >= 15 is 0 Å². The van der Waals surface area contributed by atoms with Crippen LogP contribution in [0.2, 0.25) is 0 Å². The van der Waals surface area contributed by atoms with E-state index in [4.69, 9.17) is 16.3 Å². The molecule has 1 atom stereocenters. The molecule has 1 fully saturated rings. The summed E-state index contributed by atoms with van der Waals surface area (Å²) < 4.78 is 22.2. The van der Waals surface area contributed by atoms with Crippen LogP contribution in [-0.4, -0.2) is 57.4 Å². The van der Waals surface area contributed by atoms with Crippen molar-refractivity contribution in [2.24, 2.45) is 12.0 Å². The van der Waals surface area contributed by atoms with E-state index in [-0.39, 0.29) is 23.5 Å². The fourth-order valence-corrected chi connectivity index (χ4v) is 3.99. The number of carbonyl (C=O) groups is 1. The minimum absolute atomic E-state index is 0.0888. The van der Waals surface area contributed by atoms with E-state index in [1.54, 1.807) is 17.0 Å². The number of aliphatic imine (C=N–C) groups is 1. The number of halogens is 2. The van der Waals surface area contributed by atoms with Crippen LogP contribution >= 0.6 is 11.6 Å². The molecule has 7 nitrogen and oxygen atoms in total. The molecule has 0 aliphatic carbocycles. The van der Waals surface area contributed by atoms with Crippen molar-refractivity contribution in [2.45, 2.75) is 26.4 Å². The van der Waals surface area contributed by atoms with Gasteiger partial charge in [-0.1, -0.05) is 11.6 Å². The Morgan fingerprint density at radius 2 is 2.14 bits per heavy atom. The second-order valence-corrected chi connectivity index (χ2v) is 7.62. The number of likely N-dealkylation sites (tertiary alicyclic amines) is 1. The van der Waals surface area contributed by atoms with Crippen LogP contribution in [0.3, 0.4) is 0 Å². The Hall–Kier alpha value is -2.74. The second-order valence-electron chi connectivity index (χ2n) is 7.24. The Labute approximate surface area is 172 Å². The molecule has 2 aromatic rings. The van der Waals surface area contributed by atoms with Gasteiger partial charge in [-0.05, 0) is 13.8 Å². The lowest BCUT2D eigenvalue weighted by molar-refractivity contribution is -0.113. The second kappa shape index (κ2) is 7.59. The molecule has 0 saturated carbocycles. The number of hydrogen-bond donors (Lipinski definition) is 0. The minimum atomic E-state index is -0.418. The molecular weight excluding hydrogens is 397 g/mol. The quantitative estimate of drug-likeness (QED) is 0.764. The van der Waals surface area contributed by atoms with Gasteiger partial charge in [0.1, 0.15) is 23.5 Å². The zero-order chi connectivity index (χ0) is 20.7. The molecule has 4 heterocycles. The van der Waals surface area contributed by atoms with Crippen LogP contribution in [0.15, 0.2) is 28.0 Å². The molecule has 0 unspecified atom stereocenters. The highest BCUT2D eigenvalue weighted by Gasteiger charge is 2.29. The predicted octanol–water partition coefficient (Wildman–Crippen LogP) is 2.80. The Morgan fingerprint density at radius 1 is 1.34 bits per heavy atom. The fraction of sp³-hybridized carbons (Fsp3) is 0.400. The van der Waals surface area contributed by atoms with Crippen molar-refractivity contribution in [1.82, 2.24) is 19.7 Å². The molecular formula is C20H21ClFN5O2. The number of pyridine rings is 1. The summed E-state index contributed by atoms with van der Waals surface area (Å²) in [7, 11) is 1.83. The summed E-state index contributed by atoms with van der Waals surface area (Å²) in [5, 5.41) is 4.57. The van der Waals surface area contributed by atoms with E-state index in [0.717, 1.165) is 23.4 Å². The predicted molar refractivity (Wildman–Crippen MR) is 108 cm³/mol. The van der Waals surface area contributed by atoms with Gasteiger partial charge in [-0.25, -0.2) is 9.37 Å². The maximum atomic E-state index is 14.5. The van der Waals surface area contributed by atoms with Gasteiger partial charge >= 0.3 is 0 Å². The largest absolute Gasteiger partial charge is 0.472 e. The lowest BCUT2D eigenvalue weighted by Gasteiger charge is -2.22. The van der Waals surface area contributed by atoms with E-state index in [1.807, 2.05) is 25.8 Å². The van der Waals surface area contributed by atoms with Gasteiger partial charge in [-0.3, -0.25) is 14.5 Å². The monoisotopic (exact) mass is 417 g/mol. The molecule has 0 bridgehead atoms. The summed E-state index contributed by atoms with van der Waals surface area (Å²) >= 11 is 6.15. The zero-order valence-corrected chi connectivity index (χ0v) is 17.2. The highest BCUT2D eigenvalue weighted by atomic mass is 35.5. The van der Waals surface area contributed by atoms with Gasteiger partial charge in [-0.15, -0.1) is 0 Å². The molecule has 0 radical (unpaired) electrons. The van der Waals surface area contributed by atoms with Gasteiger partial charge in [0, 0.05) is 49.1 Å². The first-order valence-corrected chi connectivity index (χ1v) is 9.73. The van der Waals surface area contributed by atoms with Crippen LogP contribution in [0.5, 0.6) is 5.88 Å². The minimum Gasteiger partial charge on any atom is -0.472 e. The van der Waals surface area contributed by atoms with Crippen molar-refractivity contribution in [1.29, 1.82) is 0 Å². The summed E-state index contributed by atoms with van der Waals surface area (Å²) in [6.45, 7) is 5.07. The number of rotatable bonds is 4.